The highest BCUT2D eigenvalue weighted by Gasteiger charge is 2.17. The number of nitrogens with zero attached hydrogens (tertiary/aromatic N) is 4. The van der Waals surface area contributed by atoms with Crippen molar-refractivity contribution in [1.29, 1.82) is 0 Å². The van der Waals surface area contributed by atoms with E-state index in [-0.39, 0.29) is 23.5 Å². The largest absolute Gasteiger partial charge is 0.482 e. The Labute approximate surface area is 219 Å². The lowest BCUT2D eigenvalue weighted by Crippen LogP contribution is -2.27. The molecule has 0 saturated heterocycles. The predicted octanol–water partition coefficient (Wildman–Crippen LogP) is 5.19. The number of aryl methyl sites for hydroxylation is 1. The number of anilines is 1. The number of thioether (sulfide) groups is 1. The zero-order valence-electron chi connectivity index (χ0n) is 21.4. The minimum Gasteiger partial charge on any atom is -0.482 e. The molecule has 0 saturated carbocycles. The summed E-state index contributed by atoms with van der Waals surface area (Å²) < 4.78 is 12.7. The number of amides is 1. The fourth-order valence-electron chi connectivity index (χ4n) is 3.52. The molecule has 2 aromatic heterocycles. The summed E-state index contributed by atoms with van der Waals surface area (Å²) in [6.07, 6.45) is 3.30. The van der Waals surface area contributed by atoms with Crippen LogP contribution in [0.2, 0.25) is 0 Å². The van der Waals surface area contributed by atoms with E-state index in [1.54, 1.807) is 63.3 Å². The third kappa shape index (κ3) is 7.07. The van der Waals surface area contributed by atoms with Crippen molar-refractivity contribution in [2.24, 2.45) is 7.05 Å². The van der Waals surface area contributed by atoms with Gasteiger partial charge in [-0.3, -0.25) is 9.78 Å². The molecule has 0 spiro atoms. The zero-order chi connectivity index (χ0) is 26.6. The van der Waals surface area contributed by atoms with Gasteiger partial charge in [-0.1, -0.05) is 23.9 Å². The van der Waals surface area contributed by atoms with E-state index < -0.39 is 11.6 Å². The molecule has 9 nitrogen and oxygen atoms in total. The van der Waals surface area contributed by atoms with Gasteiger partial charge in [0.2, 0.25) is 0 Å². The summed E-state index contributed by atoms with van der Waals surface area (Å²) in [5.41, 5.74) is 1.40. The molecule has 1 N–H and O–H groups in total. The first kappa shape index (κ1) is 26.2. The monoisotopic (exact) mass is 519 g/mol. The van der Waals surface area contributed by atoms with Crippen LogP contribution < -0.4 is 10.1 Å². The molecule has 1 atom stereocenters. The topological polar surface area (TPSA) is 108 Å². The molecule has 2 heterocycles. The molecule has 4 aromatic rings. The molecule has 0 radical (unpaired) electrons. The first-order valence-electron chi connectivity index (χ1n) is 11.7. The molecule has 0 aliphatic heterocycles. The molecule has 0 aliphatic rings. The number of carbonyl (C=O) groups excluding carboxylic acids is 2. The van der Waals surface area contributed by atoms with E-state index in [0.29, 0.717) is 11.4 Å². The normalized spacial score (nSPS) is 12.2. The van der Waals surface area contributed by atoms with Crippen molar-refractivity contribution in [3.8, 4) is 5.75 Å². The molecule has 1 amide bonds. The summed E-state index contributed by atoms with van der Waals surface area (Å²) in [4.78, 5) is 29.2. The summed E-state index contributed by atoms with van der Waals surface area (Å²) in [7, 11) is 1.90. The van der Waals surface area contributed by atoms with Crippen molar-refractivity contribution < 1.29 is 19.1 Å². The molecular weight excluding hydrogens is 490 g/mol. The van der Waals surface area contributed by atoms with Crippen LogP contribution in [-0.4, -0.2) is 43.8 Å². The van der Waals surface area contributed by atoms with E-state index >= 15 is 0 Å². The number of nitrogens with one attached hydrogen (secondary N) is 1. The lowest BCUT2D eigenvalue weighted by Gasteiger charge is -2.19. The number of ether oxygens (including phenoxy) is 2. The average molecular weight is 520 g/mol. The van der Waals surface area contributed by atoms with Crippen LogP contribution in [0.25, 0.3) is 10.8 Å². The molecule has 0 aliphatic carbocycles. The van der Waals surface area contributed by atoms with Crippen LogP contribution in [0.5, 0.6) is 5.75 Å². The van der Waals surface area contributed by atoms with Crippen LogP contribution in [-0.2, 0) is 16.6 Å². The van der Waals surface area contributed by atoms with Gasteiger partial charge >= 0.3 is 5.97 Å². The van der Waals surface area contributed by atoms with Gasteiger partial charge in [0.25, 0.3) is 5.91 Å². The van der Waals surface area contributed by atoms with Crippen molar-refractivity contribution in [2.75, 3.05) is 11.9 Å². The third-order valence-electron chi connectivity index (χ3n) is 5.27. The number of esters is 1. The second-order valence-electron chi connectivity index (χ2n) is 9.52. The van der Waals surface area contributed by atoms with E-state index in [1.807, 2.05) is 41.9 Å². The molecule has 192 valence electrons. The Morgan fingerprint density at radius 1 is 1.11 bits per heavy atom. The summed E-state index contributed by atoms with van der Waals surface area (Å²) in [5.74, 6) is -0.278. The van der Waals surface area contributed by atoms with Gasteiger partial charge in [0.05, 0.1) is 0 Å². The van der Waals surface area contributed by atoms with E-state index in [0.717, 1.165) is 21.5 Å². The zero-order valence-corrected chi connectivity index (χ0v) is 22.2. The van der Waals surface area contributed by atoms with E-state index in [4.69, 9.17) is 9.47 Å². The summed E-state index contributed by atoms with van der Waals surface area (Å²) in [6, 6.07) is 14.7. The Kier molecular flexibility index (Phi) is 7.77. The Bertz CT molecular complexity index is 1430. The molecular formula is C27H29N5O4S. The highest BCUT2D eigenvalue weighted by atomic mass is 32.2. The highest BCUT2D eigenvalue weighted by molar-refractivity contribution is 7.99. The molecule has 0 bridgehead atoms. The quantitative estimate of drug-likeness (QED) is 0.250. The van der Waals surface area contributed by atoms with Crippen LogP contribution in [0.1, 0.15) is 49.0 Å². The number of aromatic nitrogens is 4. The molecule has 4 rings (SSSR count). The van der Waals surface area contributed by atoms with Crippen molar-refractivity contribution in [3.05, 3.63) is 72.3 Å². The lowest BCUT2D eigenvalue weighted by atomic mass is 10.1. The van der Waals surface area contributed by atoms with Crippen LogP contribution in [0.15, 0.2) is 66.2 Å². The van der Waals surface area contributed by atoms with E-state index in [9.17, 15) is 9.59 Å². The second-order valence-corrected chi connectivity index (χ2v) is 10.8. The summed E-state index contributed by atoms with van der Waals surface area (Å²) >= 11 is 1.59. The van der Waals surface area contributed by atoms with Gasteiger partial charge in [0.15, 0.2) is 11.8 Å². The van der Waals surface area contributed by atoms with Gasteiger partial charge in [-0.25, -0.2) is 4.79 Å². The van der Waals surface area contributed by atoms with Gasteiger partial charge in [-0.15, -0.1) is 10.2 Å². The summed E-state index contributed by atoms with van der Waals surface area (Å²) in [6.45, 7) is 7.28. The molecule has 37 heavy (non-hydrogen) atoms. The van der Waals surface area contributed by atoms with Crippen LogP contribution in [0, 0.1) is 0 Å². The summed E-state index contributed by atoms with van der Waals surface area (Å²) in [5, 5.41) is 13.5. The van der Waals surface area contributed by atoms with Crippen LogP contribution >= 0.6 is 11.8 Å². The second kappa shape index (κ2) is 11.0. The maximum absolute atomic E-state index is 13.0. The van der Waals surface area contributed by atoms with Crippen LogP contribution in [0.4, 0.5) is 5.69 Å². The standard InChI is InChI=1S/C27H29N5O4S/c1-17(37-26-31-29-16-32(26)5)18-7-6-8-21(11-18)30-25(34)23-13-20-12-22(10-9-19(20)14-28-23)35-15-24(33)36-27(2,3)4/h6-14,16-17H,15H2,1-5H3,(H,30,34)/t17-/m0/s1. The number of hydrogen-bond donors (Lipinski definition) is 1. The van der Waals surface area contributed by atoms with Crippen molar-refractivity contribution >= 4 is 40.1 Å². The fourth-order valence-corrected chi connectivity index (χ4v) is 4.42. The molecule has 10 heteroatoms. The lowest BCUT2D eigenvalue weighted by molar-refractivity contribution is -0.157. The molecule has 0 fully saturated rings. The minimum absolute atomic E-state index is 0.109. The SMILES string of the molecule is C[C@H](Sc1nncn1C)c1cccc(NC(=O)c2cc3cc(OCC(=O)OC(C)(C)C)ccc3cn2)c1. The number of fused-ring (bicyclic) bond motifs is 1. The third-order valence-corrected chi connectivity index (χ3v) is 6.47. The Balaban J connectivity index is 1.44. The van der Waals surface area contributed by atoms with Gasteiger partial charge in [-0.2, -0.15) is 0 Å². The van der Waals surface area contributed by atoms with Crippen molar-refractivity contribution in [3.63, 3.8) is 0 Å². The Morgan fingerprint density at radius 3 is 2.65 bits per heavy atom. The van der Waals surface area contributed by atoms with Gasteiger partial charge < -0.3 is 19.4 Å². The van der Waals surface area contributed by atoms with Gasteiger partial charge in [-0.05, 0) is 75.0 Å². The first-order valence-corrected chi connectivity index (χ1v) is 12.6. The fraction of sp³-hybridized carbons (Fsp3) is 0.296. The maximum atomic E-state index is 13.0. The smallest absolute Gasteiger partial charge is 0.344 e. The number of pyridine rings is 1. The van der Waals surface area contributed by atoms with E-state index in [1.165, 1.54) is 0 Å². The van der Waals surface area contributed by atoms with Crippen LogP contribution in [0.3, 0.4) is 0 Å². The molecule has 2 aromatic carbocycles. The number of hydrogen-bond acceptors (Lipinski definition) is 8. The average Bonchev–Trinajstić information content (AvgIpc) is 3.25. The first-order chi connectivity index (χ1) is 17.6. The van der Waals surface area contributed by atoms with Crippen molar-refractivity contribution in [1.82, 2.24) is 19.7 Å². The maximum Gasteiger partial charge on any atom is 0.344 e. The number of benzene rings is 2. The van der Waals surface area contributed by atoms with Gasteiger partial charge in [0.1, 0.15) is 23.4 Å². The predicted molar refractivity (Wildman–Crippen MR) is 143 cm³/mol. The Morgan fingerprint density at radius 2 is 1.92 bits per heavy atom. The Hall–Kier alpha value is -3.92. The van der Waals surface area contributed by atoms with Gasteiger partial charge in [0, 0.05) is 29.6 Å². The number of carbonyl (C=O) groups is 2. The molecule has 0 unspecified atom stereocenters. The van der Waals surface area contributed by atoms with Crippen molar-refractivity contribution in [2.45, 2.75) is 43.7 Å². The van der Waals surface area contributed by atoms with E-state index in [2.05, 4.69) is 27.4 Å². The number of rotatable bonds is 8. The highest BCUT2D eigenvalue weighted by Crippen LogP contribution is 2.34. The minimum atomic E-state index is -0.579.